The van der Waals surface area contributed by atoms with E-state index >= 15 is 0 Å². The van der Waals surface area contributed by atoms with Gasteiger partial charge in [0.25, 0.3) is 0 Å². The number of carbonyl (C=O) groups is 2. The fourth-order valence-electron chi connectivity index (χ4n) is 2.39. The van der Waals surface area contributed by atoms with E-state index < -0.39 is 0 Å². The average Bonchev–Trinajstić information content (AvgIpc) is 2.44. The summed E-state index contributed by atoms with van der Waals surface area (Å²) in [5, 5.41) is 2.99. The van der Waals surface area contributed by atoms with Crippen LogP contribution in [0.2, 0.25) is 0 Å². The Balaban J connectivity index is 2.38. The van der Waals surface area contributed by atoms with Gasteiger partial charge in [0.05, 0.1) is 5.56 Å². The number of benzene rings is 2. The molecule has 0 fully saturated rings. The second-order valence-electron chi connectivity index (χ2n) is 4.30. The average molecular weight is 363 g/mol. The molecule has 3 rings (SSSR count). The lowest BCUT2D eigenvalue weighted by Gasteiger charge is -2.21. The summed E-state index contributed by atoms with van der Waals surface area (Å²) < 4.78 is 0.805. The zero-order valence-electron chi connectivity index (χ0n) is 10.2. The first-order valence-electron chi connectivity index (χ1n) is 5.84. The number of anilines is 1. The highest BCUT2D eigenvalue weighted by Gasteiger charge is 2.32. The fourth-order valence-corrected chi connectivity index (χ4v) is 3.09. The van der Waals surface area contributed by atoms with E-state index in [1.165, 1.54) is 0 Å². The third kappa shape index (κ3) is 1.70. The van der Waals surface area contributed by atoms with E-state index in [0.717, 1.165) is 3.57 Å². The molecule has 1 aliphatic rings. The topological polar surface area (TPSA) is 46.2 Å². The van der Waals surface area contributed by atoms with Gasteiger partial charge in [-0.3, -0.25) is 9.59 Å². The quantitative estimate of drug-likeness (QED) is 0.676. The Morgan fingerprint density at radius 1 is 0.895 bits per heavy atom. The van der Waals surface area contributed by atoms with Crippen LogP contribution in [0.5, 0.6) is 0 Å². The van der Waals surface area contributed by atoms with Crippen molar-refractivity contribution in [3.05, 3.63) is 62.2 Å². The highest BCUT2D eigenvalue weighted by atomic mass is 127. The number of halogens is 1. The molecular weight excluding hydrogens is 353 g/mol. The van der Waals surface area contributed by atoms with Gasteiger partial charge in [0.15, 0.2) is 11.6 Å². The van der Waals surface area contributed by atoms with Gasteiger partial charge < -0.3 is 5.32 Å². The van der Waals surface area contributed by atoms with Crippen molar-refractivity contribution in [2.24, 2.45) is 0 Å². The summed E-state index contributed by atoms with van der Waals surface area (Å²) >= 11 is 2.10. The monoisotopic (exact) mass is 363 g/mol. The van der Waals surface area contributed by atoms with Crippen LogP contribution in [0.1, 0.15) is 31.8 Å². The molecule has 3 nitrogen and oxygen atoms in total. The smallest absolute Gasteiger partial charge is 0.196 e. The van der Waals surface area contributed by atoms with Crippen LogP contribution in [0, 0.1) is 3.57 Å². The molecule has 0 spiro atoms. The lowest BCUT2D eigenvalue weighted by atomic mass is 9.83. The minimum absolute atomic E-state index is 0.0771. The van der Waals surface area contributed by atoms with Crippen molar-refractivity contribution in [2.75, 3.05) is 12.4 Å². The van der Waals surface area contributed by atoms with E-state index in [1.807, 2.05) is 12.1 Å². The molecule has 2 aromatic rings. The number of rotatable bonds is 1. The predicted molar refractivity (Wildman–Crippen MR) is 82.0 cm³/mol. The minimum atomic E-state index is -0.0898. The summed E-state index contributed by atoms with van der Waals surface area (Å²) in [6, 6.07) is 10.7. The molecule has 94 valence electrons. The Kier molecular flexibility index (Phi) is 2.89. The molecule has 0 amide bonds. The summed E-state index contributed by atoms with van der Waals surface area (Å²) in [7, 11) is 1.75. The lowest BCUT2D eigenvalue weighted by molar-refractivity contribution is 0.0979. The molecule has 0 saturated heterocycles. The molecule has 2 aromatic carbocycles. The largest absolute Gasteiger partial charge is 0.388 e. The summed E-state index contributed by atoms with van der Waals surface area (Å²) in [6.45, 7) is 0. The van der Waals surface area contributed by atoms with Gasteiger partial charge in [0, 0.05) is 33.0 Å². The second kappa shape index (κ2) is 4.45. The number of nitrogens with one attached hydrogen (secondary N) is 1. The molecule has 0 aromatic heterocycles. The maximum atomic E-state index is 12.6. The molecule has 0 saturated carbocycles. The Morgan fingerprint density at radius 3 is 2.05 bits per heavy atom. The predicted octanol–water partition coefficient (Wildman–Crippen LogP) is 3.11. The van der Waals surface area contributed by atoms with Crippen molar-refractivity contribution >= 4 is 39.8 Å². The maximum Gasteiger partial charge on any atom is 0.196 e. The van der Waals surface area contributed by atoms with Gasteiger partial charge in [0.1, 0.15) is 0 Å². The fraction of sp³-hybridized carbons (Fsp3) is 0.0667. The molecule has 0 unspecified atom stereocenters. The molecule has 1 N–H and O–H groups in total. The van der Waals surface area contributed by atoms with Crippen molar-refractivity contribution in [3.63, 3.8) is 0 Å². The SMILES string of the molecule is CNc1ccc(I)c2c1C(=O)c1ccccc1C2=O. The van der Waals surface area contributed by atoms with Gasteiger partial charge in [-0.05, 0) is 34.7 Å². The van der Waals surface area contributed by atoms with Gasteiger partial charge in [0.2, 0.25) is 0 Å². The van der Waals surface area contributed by atoms with Gasteiger partial charge >= 0.3 is 0 Å². The standard InChI is InChI=1S/C15H10INO2/c1-17-11-7-6-10(16)12-13(11)15(19)9-5-3-2-4-8(9)14(12)18/h2-7,17H,1H3. The summed E-state index contributed by atoms with van der Waals surface area (Å²) in [5.74, 6) is -0.167. The molecule has 0 bridgehead atoms. The highest BCUT2D eigenvalue weighted by Crippen LogP contribution is 2.34. The van der Waals surface area contributed by atoms with Crippen LogP contribution in [-0.4, -0.2) is 18.6 Å². The van der Waals surface area contributed by atoms with Gasteiger partial charge in [-0.25, -0.2) is 0 Å². The Bertz CT molecular complexity index is 722. The van der Waals surface area contributed by atoms with Crippen LogP contribution < -0.4 is 5.32 Å². The number of fused-ring (bicyclic) bond motifs is 2. The Morgan fingerprint density at radius 2 is 1.47 bits per heavy atom. The van der Waals surface area contributed by atoms with E-state index in [4.69, 9.17) is 0 Å². The normalized spacial score (nSPS) is 12.9. The van der Waals surface area contributed by atoms with Crippen LogP contribution in [-0.2, 0) is 0 Å². The van der Waals surface area contributed by atoms with Gasteiger partial charge in [-0.15, -0.1) is 0 Å². The van der Waals surface area contributed by atoms with Crippen molar-refractivity contribution in [1.82, 2.24) is 0 Å². The second-order valence-corrected chi connectivity index (χ2v) is 5.46. The summed E-state index contributed by atoms with van der Waals surface area (Å²) in [4.78, 5) is 25.1. The molecular formula is C15H10INO2. The maximum absolute atomic E-state index is 12.6. The molecule has 0 aliphatic heterocycles. The van der Waals surface area contributed by atoms with E-state index in [0.29, 0.717) is 27.9 Å². The Labute approximate surface area is 124 Å². The first-order chi connectivity index (χ1) is 9.15. The molecule has 0 heterocycles. The van der Waals surface area contributed by atoms with Crippen LogP contribution in [0.4, 0.5) is 5.69 Å². The van der Waals surface area contributed by atoms with Crippen LogP contribution >= 0.6 is 22.6 Å². The lowest BCUT2D eigenvalue weighted by Crippen LogP contribution is -2.23. The van der Waals surface area contributed by atoms with Gasteiger partial charge in [-0.2, -0.15) is 0 Å². The van der Waals surface area contributed by atoms with Crippen molar-refractivity contribution in [2.45, 2.75) is 0 Å². The van der Waals surface area contributed by atoms with E-state index in [9.17, 15) is 9.59 Å². The molecule has 0 radical (unpaired) electrons. The molecule has 19 heavy (non-hydrogen) atoms. The zero-order valence-corrected chi connectivity index (χ0v) is 12.3. The number of hydrogen-bond acceptors (Lipinski definition) is 3. The number of carbonyl (C=O) groups excluding carboxylic acids is 2. The third-order valence-electron chi connectivity index (χ3n) is 3.29. The molecule has 4 heteroatoms. The van der Waals surface area contributed by atoms with E-state index in [1.54, 1.807) is 31.3 Å². The van der Waals surface area contributed by atoms with Crippen molar-refractivity contribution in [3.8, 4) is 0 Å². The van der Waals surface area contributed by atoms with Crippen molar-refractivity contribution in [1.29, 1.82) is 0 Å². The first-order valence-corrected chi connectivity index (χ1v) is 6.91. The summed E-state index contributed by atoms with van der Waals surface area (Å²) in [6.07, 6.45) is 0. The number of hydrogen-bond donors (Lipinski definition) is 1. The first kappa shape index (κ1) is 12.3. The minimum Gasteiger partial charge on any atom is -0.388 e. The van der Waals surface area contributed by atoms with E-state index in [-0.39, 0.29) is 11.6 Å². The third-order valence-corrected chi connectivity index (χ3v) is 4.19. The van der Waals surface area contributed by atoms with Crippen LogP contribution in [0.3, 0.4) is 0 Å². The van der Waals surface area contributed by atoms with E-state index in [2.05, 4.69) is 27.9 Å². The Hall–Kier alpha value is -1.69. The zero-order chi connectivity index (χ0) is 13.6. The van der Waals surface area contributed by atoms with Crippen LogP contribution in [0.25, 0.3) is 0 Å². The van der Waals surface area contributed by atoms with Crippen LogP contribution in [0.15, 0.2) is 36.4 Å². The molecule has 0 atom stereocenters. The summed E-state index contributed by atoms with van der Waals surface area (Å²) in [5.41, 5.74) is 2.67. The van der Waals surface area contributed by atoms with Gasteiger partial charge in [-0.1, -0.05) is 24.3 Å². The number of ketones is 2. The van der Waals surface area contributed by atoms with Crippen molar-refractivity contribution < 1.29 is 9.59 Å². The highest BCUT2D eigenvalue weighted by molar-refractivity contribution is 14.1. The molecule has 1 aliphatic carbocycles.